The first kappa shape index (κ1) is 9.34. The van der Waals surface area contributed by atoms with Gasteiger partial charge in [-0.3, -0.25) is 0 Å². The summed E-state index contributed by atoms with van der Waals surface area (Å²) in [4.78, 5) is 0. The second kappa shape index (κ2) is 3.88. The van der Waals surface area contributed by atoms with Crippen LogP contribution >= 0.6 is 0 Å². The Kier molecular flexibility index (Phi) is 2.59. The van der Waals surface area contributed by atoms with Crippen LogP contribution in [0.15, 0.2) is 18.2 Å². The molecule has 0 saturated carbocycles. The molecule has 1 fully saturated rings. The Bertz CT molecular complexity index is 299. The fraction of sp³-hybridized carbons (Fsp3) is 0.455. The summed E-state index contributed by atoms with van der Waals surface area (Å²) in [5, 5.41) is 3.35. The van der Waals surface area contributed by atoms with Crippen molar-refractivity contribution >= 4 is 0 Å². The summed E-state index contributed by atoms with van der Waals surface area (Å²) >= 11 is 0. The van der Waals surface area contributed by atoms with Crippen LogP contribution in [-0.2, 0) is 0 Å². The fourth-order valence-electron chi connectivity index (χ4n) is 1.76. The quantitative estimate of drug-likeness (QED) is 0.793. The van der Waals surface area contributed by atoms with Crippen molar-refractivity contribution in [3.63, 3.8) is 0 Å². The number of ether oxygens (including phenoxy) is 2. The molecule has 1 aliphatic heterocycles. The molecule has 3 heteroatoms. The van der Waals surface area contributed by atoms with Crippen LogP contribution in [0.4, 0.5) is 0 Å². The highest BCUT2D eigenvalue weighted by atomic mass is 16.5. The third kappa shape index (κ3) is 1.44. The van der Waals surface area contributed by atoms with E-state index in [4.69, 9.17) is 9.47 Å². The number of hydrogen-bond acceptors (Lipinski definition) is 3. The van der Waals surface area contributed by atoms with Crippen molar-refractivity contribution in [3.05, 3.63) is 23.8 Å². The molecule has 0 amide bonds. The monoisotopic (exact) mass is 193 g/mol. The smallest absolute Gasteiger partial charge is 0.127 e. The summed E-state index contributed by atoms with van der Waals surface area (Å²) in [6.45, 7) is 1.08. The van der Waals surface area contributed by atoms with Crippen LogP contribution < -0.4 is 14.8 Å². The number of benzene rings is 1. The maximum Gasteiger partial charge on any atom is 0.127 e. The Morgan fingerprint density at radius 1 is 1.21 bits per heavy atom. The van der Waals surface area contributed by atoms with Gasteiger partial charge in [0.15, 0.2) is 0 Å². The van der Waals surface area contributed by atoms with Gasteiger partial charge in [0.1, 0.15) is 11.5 Å². The Morgan fingerprint density at radius 2 is 1.79 bits per heavy atom. The van der Waals surface area contributed by atoms with Gasteiger partial charge in [-0.1, -0.05) is 6.07 Å². The molecule has 76 valence electrons. The van der Waals surface area contributed by atoms with E-state index in [9.17, 15) is 0 Å². The standard InChI is InChI=1S/C11H15NO2/c1-13-9-4-3-5-10(14-2)11(9)8-6-7-12-8/h3-5,8,12H,6-7H2,1-2H3. The zero-order valence-electron chi connectivity index (χ0n) is 8.54. The van der Waals surface area contributed by atoms with E-state index in [0.717, 1.165) is 30.0 Å². The van der Waals surface area contributed by atoms with Gasteiger partial charge in [-0.15, -0.1) is 0 Å². The Morgan fingerprint density at radius 3 is 2.14 bits per heavy atom. The zero-order valence-corrected chi connectivity index (χ0v) is 8.54. The fourth-order valence-corrected chi connectivity index (χ4v) is 1.76. The third-order valence-electron chi connectivity index (χ3n) is 2.64. The van der Waals surface area contributed by atoms with Crippen molar-refractivity contribution in [1.29, 1.82) is 0 Å². The molecular formula is C11H15NO2. The second-order valence-electron chi connectivity index (χ2n) is 3.37. The Balaban J connectivity index is 2.39. The first-order chi connectivity index (χ1) is 6.86. The molecule has 1 aromatic rings. The van der Waals surface area contributed by atoms with Crippen molar-refractivity contribution < 1.29 is 9.47 Å². The molecule has 0 radical (unpaired) electrons. The second-order valence-corrected chi connectivity index (χ2v) is 3.37. The lowest BCUT2D eigenvalue weighted by atomic mass is 9.96. The van der Waals surface area contributed by atoms with E-state index in [2.05, 4.69) is 5.32 Å². The normalized spacial score (nSPS) is 20.0. The van der Waals surface area contributed by atoms with E-state index in [1.165, 1.54) is 0 Å². The zero-order chi connectivity index (χ0) is 9.97. The third-order valence-corrected chi connectivity index (χ3v) is 2.64. The van der Waals surface area contributed by atoms with Gasteiger partial charge >= 0.3 is 0 Å². The topological polar surface area (TPSA) is 30.5 Å². The van der Waals surface area contributed by atoms with Gasteiger partial charge in [0.25, 0.3) is 0 Å². The first-order valence-electron chi connectivity index (χ1n) is 4.81. The minimum atomic E-state index is 0.390. The maximum absolute atomic E-state index is 5.32. The summed E-state index contributed by atoms with van der Waals surface area (Å²) in [5.74, 6) is 1.81. The van der Waals surface area contributed by atoms with Crippen LogP contribution in [0.1, 0.15) is 18.0 Å². The molecule has 1 unspecified atom stereocenters. The summed E-state index contributed by atoms with van der Waals surface area (Å²) in [6, 6.07) is 6.27. The molecule has 1 atom stereocenters. The van der Waals surface area contributed by atoms with E-state index in [0.29, 0.717) is 6.04 Å². The SMILES string of the molecule is COc1cccc(OC)c1C1CCN1. The largest absolute Gasteiger partial charge is 0.496 e. The van der Waals surface area contributed by atoms with E-state index >= 15 is 0 Å². The average molecular weight is 193 g/mol. The number of nitrogens with one attached hydrogen (secondary N) is 1. The molecule has 0 bridgehead atoms. The van der Waals surface area contributed by atoms with Crippen molar-refractivity contribution in [1.82, 2.24) is 5.32 Å². The predicted molar refractivity (Wildman–Crippen MR) is 54.9 cm³/mol. The highest BCUT2D eigenvalue weighted by Crippen LogP contribution is 2.37. The van der Waals surface area contributed by atoms with Crippen LogP contribution in [0.2, 0.25) is 0 Å². The summed E-state index contributed by atoms with van der Waals surface area (Å²) < 4.78 is 10.6. The lowest BCUT2D eigenvalue weighted by Crippen LogP contribution is -2.35. The lowest BCUT2D eigenvalue weighted by Gasteiger charge is -2.30. The number of rotatable bonds is 3. The van der Waals surface area contributed by atoms with Crippen molar-refractivity contribution in [2.45, 2.75) is 12.5 Å². The molecule has 0 aliphatic carbocycles. The molecule has 0 spiro atoms. The molecule has 1 saturated heterocycles. The predicted octanol–water partition coefficient (Wildman–Crippen LogP) is 1.74. The van der Waals surface area contributed by atoms with E-state index < -0.39 is 0 Å². The number of hydrogen-bond donors (Lipinski definition) is 1. The number of methoxy groups -OCH3 is 2. The van der Waals surface area contributed by atoms with Crippen molar-refractivity contribution in [2.24, 2.45) is 0 Å². The van der Waals surface area contributed by atoms with Crippen LogP contribution in [0.3, 0.4) is 0 Å². The van der Waals surface area contributed by atoms with Crippen LogP contribution in [0.25, 0.3) is 0 Å². The molecule has 1 N–H and O–H groups in total. The van der Waals surface area contributed by atoms with Gasteiger partial charge in [-0.05, 0) is 25.1 Å². The van der Waals surface area contributed by atoms with Crippen LogP contribution in [-0.4, -0.2) is 20.8 Å². The van der Waals surface area contributed by atoms with Gasteiger partial charge in [0.05, 0.1) is 19.8 Å². The van der Waals surface area contributed by atoms with E-state index in [1.54, 1.807) is 14.2 Å². The molecule has 3 nitrogen and oxygen atoms in total. The summed E-state index contributed by atoms with van der Waals surface area (Å²) in [6.07, 6.45) is 1.15. The molecule has 2 rings (SSSR count). The maximum atomic E-state index is 5.32. The average Bonchev–Trinajstić information content (AvgIpc) is 2.15. The highest BCUT2D eigenvalue weighted by molar-refractivity contribution is 5.47. The minimum Gasteiger partial charge on any atom is -0.496 e. The molecule has 0 aromatic heterocycles. The van der Waals surface area contributed by atoms with Crippen molar-refractivity contribution in [3.8, 4) is 11.5 Å². The van der Waals surface area contributed by atoms with Crippen LogP contribution in [0.5, 0.6) is 11.5 Å². The molecule has 14 heavy (non-hydrogen) atoms. The van der Waals surface area contributed by atoms with Gasteiger partial charge in [-0.25, -0.2) is 0 Å². The van der Waals surface area contributed by atoms with Crippen LogP contribution in [0, 0.1) is 0 Å². The van der Waals surface area contributed by atoms with Crippen molar-refractivity contribution in [2.75, 3.05) is 20.8 Å². The first-order valence-corrected chi connectivity index (χ1v) is 4.81. The Labute approximate surface area is 84.0 Å². The molecule has 1 heterocycles. The van der Waals surface area contributed by atoms with Gasteiger partial charge in [-0.2, -0.15) is 0 Å². The van der Waals surface area contributed by atoms with E-state index in [1.807, 2.05) is 18.2 Å². The van der Waals surface area contributed by atoms with Gasteiger partial charge < -0.3 is 14.8 Å². The minimum absolute atomic E-state index is 0.390. The molecule has 1 aromatic carbocycles. The molecule has 1 aliphatic rings. The van der Waals surface area contributed by atoms with Gasteiger partial charge in [0.2, 0.25) is 0 Å². The Hall–Kier alpha value is -1.22. The summed E-state index contributed by atoms with van der Waals surface area (Å²) in [5.41, 5.74) is 1.14. The van der Waals surface area contributed by atoms with Gasteiger partial charge in [0, 0.05) is 6.04 Å². The lowest BCUT2D eigenvalue weighted by molar-refractivity contribution is 0.330. The molecular weight excluding hydrogens is 178 g/mol. The summed E-state index contributed by atoms with van der Waals surface area (Å²) in [7, 11) is 3.38. The van der Waals surface area contributed by atoms with E-state index in [-0.39, 0.29) is 0 Å². The highest BCUT2D eigenvalue weighted by Gasteiger charge is 2.25.